The van der Waals surface area contributed by atoms with Crippen molar-refractivity contribution in [3.05, 3.63) is 35.9 Å². The van der Waals surface area contributed by atoms with E-state index >= 15 is 0 Å². The van der Waals surface area contributed by atoms with E-state index in [0.717, 1.165) is 11.8 Å². The molecule has 0 bridgehead atoms. The Morgan fingerprint density at radius 2 is 1.92 bits per heavy atom. The fourth-order valence-electron chi connectivity index (χ4n) is 2.98. The number of carbonyl (C=O) groups is 2. The van der Waals surface area contributed by atoms with Crippen molar-refractivity contribution in [2.75, 3.05) is 31.6 Å². The topological polar surface area (TPSA) is 110 Å². The van der Waals surface area contributed by atoms with E-state index in [4.69, 9.17) is 5.73 Å². The smallest absolute Gasteiger partial charge is 0.231 e. The predicted molar refractivity (Wildman–Crippen MR) is 91.1 cm³/mol. The highest BCUT2D eigenvalue weighted by Gasteiger charge is 2.35. The second-order valence-electron chi connectivity index (χ2n) is 6.23. The van der Waals surface area contributed by atoms with Crippen LogP contribution in [0.15, 0.2) is 30.3 Å². The number of nitrogens with two attached hydrogens (primary N) is 1. The molecule has 1 aliphatic heterocycles. The molecule has 8 heteroatoms. The van der Waals surface area contributed by atoms with Gasteiger partial charge in [-0.15, -0.1) is 0 Å². The third-order valence-electron chi connectivity index (χ3n) is 4.05. The van der Waals surface area contributed by atoms with Crippen molar-refractivity contribution in [3.8, 4) is 0 Å². The summed E-state index contributed by atoms with van der Waals surface area (Å²) in [5.41, 5.74) is 6.33. The molecule has 0 unspecified atom stereocenters. The first-order valence-corrected chi connectivity index (χ1v) is 9.83. The zero-order chi connectivity index (χ0) is 17.7. The number of rotatable bonds is 7. The van der Waals surface area contributed by atoms with Gasteiger partial charge in [0.25, 0.3) is 0 Å². The number of amides is 2. The summed E-state index contributed by atoms with van der Waals surface area (Å²) < 4.78 is 22.4. The average molecular weight is 353 g/mol. The second-order valence-corrected chi connectivity index (χ2v) is 8.49. The van der Waals surface area contributed by atoms with Crippen LogP contribution in [0.1, 0.15) is 17.9 Å². The molecule has 1 saturated heterocycles. The van der Waals surface area contributed by atoms with Gasteiger partial charge in [0, 0.05) is 37.7 Å². The quantitative estimate of drug-likeness (QED) is 0.686. The molecule has 7 nitrogen and oxygen atoms in total. The number of hydrogen-bond donors (Lipinski definition) is 2. The van der Waals surface area contributed by atoms with E-state index in [1.54, 1.807) is 0 Å². The summed E-state index contributed by atoms with van der Waals surface area (Å²) in [5.74, 6) is -0.849. The van der Waals surface area contributed by atoms with Gasteiger partial charge in [0.05, 0.1) is 12.3 Å². The fraction of sp³-hybridized carbons (Fsp3) is 0.500. The van der Waals surface area contributed by atoms with Gasteiger partial charge in [0.15, 0.2) is 0 Å². The molecule has 2 atom stereocenters. The van der Waals surface area contributed by atoms with Gasteiger partial charge < -0.3 is 11.1 Å². The van der Waals surface area contributed by atoms with E-state index in [0.29, 0.717) is 13.1 Å². The van der Waals surface area contributed by atoms with Gasteiger partial charge in [-0.05, 0) is 5.56 Å². The second kappa shape index (κ2) is 7.76. The van der Waals surface area contributed by atoms with E-state index in [2.05, 4.69) is 5.32 Å². The highest BCUT2D eigenvalue weighted by atomic mass is 32.2. The number of hydrogen-bond acceptors (Lipinski definition) is 5. The Morgan fingerprint density at radius 1 is 1.25 bits per heavy atom. The van der Waals surface area contributed by atoms with Crippen LogP contribution in [-0.4, -0.2) is 62.8 Å². The maximum atomic E-state index is 12.1. The Balaban J connectivity index is 2.06. The van der Waals surface area contributed by atoms with E-state index in [1.165, 1.54) is 0 Å². The molecule has 3 N–H and O–H groups in total. The van der Waals surface area contributed by atoms with Gasteiger partial charge in [-0.1, -0.05) is 30.3 Å². The third kappa shape index (κ3) is 5.61. The monoisotopic (exact) mass is 353 g/mol. The Hall–Kier alpha value is -1.93. The molecule has 1 aromatic rings. The van der Waals surface area contributed by atoms with Gasteiger partial charge in [-0.3, -0.25) is 14.5 Å². The molecule has 2 amide bonds. The van der Waals surface area contributed by atoms with Crippen molar-refractivity contribution in [2.45, 2.75) is 18.4 Å². The highest BCUT2D eigenvalue weighted by molar-refractivity contribution is 7.90. The normalized spacial score (nSPS) is 21.5. The van der Waals surface area contributed by atoms with Crippen molar-refractivity contribution >= 4 is 21.7 Å². The number of sulfone groups is 1. The van der Waals surface area contributed by atoms with E-state index in [9.17, 15) is 18.0 Å². The maximum absolute atomic E-state index is 12.1. The molecule has 0 spiro atoms. The van der Waals surface area contributed by atoms with E-state index < -0.39 is 15.7 Å². The lowest BCUT2D eigenvalue weighted by Gasteiger charge is -2.20. The van der Waals surface area contributed by atoms with Crippen LogP contribution in [0.5, 0.6) is 0 Å². The predicted octanol–water partition coefficient (Wildman–Crippen LogP) is -0.509. The van der Waals surface area contributed by atoms with Crippen LogP contribution in [-0.2, 0) is 19.4 Å². The van der Waals surface area contributed by atoms with Gasteiger partial charge >= 0.3 is 0 Å². The molecule has 1 heterocycles. The van der Waals surface area contributed by atoms with E-state index in [1.807, 2.05) is 35.2 Å². The first-order valence-electron chi connectivity index (χ1n) is 7.77. The van der Waals surface area contributed by atoms with Crippen molar-refractivity contribution in [2.24, 2.45) is 5.73 Å². The van der Waals surface area contributed by atoms with Crippen LogP contribution in [0.3, 0.4) is 0 Å². The number of nitrogens with one attached hydrogen (secondary N) is 1. The summed E-state index contributed by atoms with van der Waals surface area (Å²) in [6, 6.07) is 9.55. The Kier molecular flexibility index (Phi) is 5.95. The lowest BCUT2D eigenvalue weighted by Crippen LogP contribution is -2.41. The van der Waals surface area contributed by atoms with Crippen molar-refractivity contribution in [1.82, 2.24) is 10.2 Å². The lowest BCUT2D eigenvalue weighted by atomic mass is 9.94. The molecule has 1 aromatic carbocycles. The lowest BCUT2D eigenvalue weighted by molar-refractivity contribution is -0.121. The van der Waals surface area contributed by atoms with Gasteiger partial charge in [-0.2, -0.15) is 0 Å². The highest BCUT2D eigenvalue weighted by Crippen LogP contribution is 2.27. The number of nitrogens with zero attached hydrogens (tertiary/aromatic N) is 1. The first kappa shape index (κ1) is 18.4. The van der Waals surface area contributed by atoms with Crippen LogP contribution in [0.25, 0.3) is 0 Å². The summed E-state index contributed by atoms with van der Waals surface area (Å²) in [5, 5.41) is 2.91. The van der Waals surface area contributed by atoms with Crippen molar-refractivity contribution in [1.29, 1.82) is 0 Å². The Bertz CT molecular complexity index is 691. The minimum Gasteiger partial charge on any atom is -0.369 e. The summed E-state index contributed by atoms with van der Waals surface area (Å²) in [4.78, 5) is 25.1. The summed E-state index contributed by atoms with van der Waals surface area (Å²) in [7, 11) is -3.18. The van der Waals surface area contributed by atoms with Crippen LogP contribution >= 0.6 is 0 Å². The summed E-state index contributed by atoms with van der Waals surface area (Å²) >= 11 is 0. The molecule has 1 aliphatic rings. The van der Waals surface area contributed by atoms with Crippen LogP contribution in [0, 0.1) is 0 Å². The molecule has 0 saturated carbocycles. The molecule has 0 aromatic heterocycles. The Morgan fingerprint density at radius 3 is 2.50 bits per heavy atom. The van der Waals surface area contributed by atoms with Crippen molar-refractivity contribution in [3.63, 3.8) is 0 Å². The molecular formula is C16H23N3O4S. The Labute approximate surface area is 142 Å². The molecule has 0 radical (unpaired) electrons. The summed E-state index contributed by atoms with van der Waals surface area (Å²) in [6.45, 7) is 1.26. The summed E-state index contributed by atoms with van der Waals surface area (Å²) in [6.07, 6.45) is 1.05. The number of benzene rings is 1. The van der Waals surface area contributed by atoms with E-state index in [-0.39, 0.29) is 36.6 Å². The largest absolute Gasteiger partial charge is 0.369 e. The standard InChI is InChI=1S/C16H23N3O4S/c1-24(22,23)8-7-16(21)18-14-10-19(11-15(17)20)9-13(14)12-5-3-2-4-6-12/h2-6,13-14H,7-11H2,1H3,(H2,17,20)(H,18,21)/t13-,14+/m0/s1. The van der Waals surface area contributed by atoms with Crippen LogP contribution < -0.4 is 11.1 Å². The number of likely N-dealkylation sites (tertiary alicyclic amines) is 1. The molecule has 1 fully saturated rings. The fourth-order valence-corrected chi connectivity index (χ4v) is 3.53. The molecule has 24 heavy (non-hydrogen) atoms. The van der Waals surface area contributed by atoms with Gasteiger partial charge in [-0.25, -0.2) is 8.42 Å². The van der Waals surface area contributed by atoms with Crippen molar-refractivity contribution < 1.29 is 18.0 Å². The van der Waals surface area contributed by atoms with Crippen LogP contribution in [0.4, 0.5) is 0 Å². The molecule has 0 aliphatic carbocycles. The van der Waals surface area contributed by atoms with Gasteiger partial charge in [0.1, 0.15) is 9.84 Å². The third-order valence-corrected chi connectivity index (χ3v) is 4.99. The average Bonchev–Trinajstić information content (AvgIpc) is 2.87. The minimum atomic E-state index is -3.18. The zero-order valence-electron chi connectivity index (χ0n) is 13.6. The van der Waals surface area contributed by atoms with Gasteiger partial charge in [0.2, 0.25) is 11.8 Å². The maximum Gasteiger partial charge on any atom is 0.231 e. The number of carbonyl (C=O) groups excluding carboxylic acids is 2. The molecule has 2 rings (SSSR count). The number of primary amides is 1. The SMILES string of the molecule is CS(=O)(=O)CCC(=O)N[C@@H]1CN(CC(N)=O)C[C@H]1c1ccccc1. The molecular weight excluding hydrogens is 330 g/mol. The minimum absolute atomic E-state index is 0.0349. The van der Waals surface area contributed by atoms with Crippen LogP contribution in [0.2, 0.25) is 0 Å². The zero-order valence-corrected chi connectivity index (χ0v) is 14.5. The molecule has 132 valence electrons. The first-order chi connectivity index (χ1) is 11.2.